The van der Waals surface area contributed by atoms with Gasteiger partial charge in [0.05, 0.1) is 0 Å². The molecule has 0 radical (unpaired) electrons. The average Bonchev–Trinajstić information content (AvgIpc) is 3.37. The van der Waals surface area contributed by atoms with E-state index in [0.717, 1.165) is 32.4 Å². The number of fused-ring (bicyclic) bond motifs is 1. The fourth-order valence-electron chi connectivity index (χ4n) is 4.91. The number of carbonyl (C=O) groups is 2. The smallest absolute Gasteiger partial charge is 0.274 e. The van der Waals surface area contributed by atoms with Crippen LogP contribution in [0.3, 0.4) is 0 Å². The lowest BCUT2D eigenvalue weighted by molar-refractivity contribution is 0.0781. The van der Waals surface area contributed by atoms with Crippen molar-refractivity contribution in [2.45, 2.75) is 52.9 Å². The standard InChI is InChI=1S/C23H32N4O2/c1-16-17(8-7-11-23(16,2)3)14-24-21(28)19-9-6-10-20-25-18(15-27(19)20)22(29)26-12-4-5-13-26/h6,9-10,15-17H,4-5,7-8,11-14H2,1-3H3,(H,24,28). The summed E-state index contributed by atoms with van der Waals surface area (Å²) in [6.07, 6.45) is 7.43. The second-order valence-corrected chi connectivity index (χ2v) is 9.40. The fraction of sp³-hybridized carbons (Fsp3) is 0.609. The quantitative estimate of drug-likeness (QED) is 0.856. The second-order valence-electron chi connectivity index (χ2n) is 9.40. The monoisotopic (exact) mass is 396 g/mol. The van der Waals surface area contributed by atoms with E-state index < -0.39 is 0 Å². The zero-order valence-electron chi connectivity index (χ0n) is 17.8. The number of aromatic nitrogens is 2. The first-order valence-corrected chi connectivity index (χ1v) is 10.9. The van der Waals surface area contributed by atoms with Crippen LogP contribution in [0.2, 0.25) is 0 Å². The van der Waals surface area contributed by atoms with Gasteiger partial charge in [-0.05, 0) is 55.1 Å². The summed E-state index contributed by atoms with van der Waals surface area (Å²) in [5.41, 5.74) is 1.89. The highest BCUT2D eigenvalue weighted by Gasteiger charge is 2.35. The van der Waals surface area contributed by atoms with E-state index in [1.165, 1.54) is 12.8 Å². The van der Waals surface area contributed by atoms with Crippen molar-refractivity contribution in [2.24, 2.45) is 17.3 Å². The zero-order valence-corrected chi connectivity index (χ0v) is 17.8. The molecule has 0 bridgehead atoms. The maximum absolute atomic E-state index is 12.9. The third-order valence-corrected chi connectivity index (χ3v) is 7.20. The van der Waals surface area contributed by atoms with Crippen LogP contribution in [0.4, 0.5) is 0 Å². The van der Waals surface area contributed by atoms with Crippen molar-refractivity contribution in [1.29, 1.82) is 0 Å². The number of rotatable bonds is 4. The van der Waals surface area contributed by atoms with Gasteiger partial charge in [-0.2, -0.15) is 0 Å². The second kappa shape index (κ2) is 7.81. The van der Waals surface area contributed by atoms with Gasteiger partial charge in [0.25, 0.3) is 11.8 Å². The van der Waals surface area contributed by atoms with Gasteiger partial charge in [0.1, 0.15) is 17.0 Å². The van der Waals surface area contributed by atoms with E-state index in [2.05, 4.69) is 31.1 Å². The molecular formula is C23H32N4O2. The Labute approximate surface area is 172 Å². The first-order valence-electron chi connectivity index (χ1n) is 10.9. The molecule has 2 fully saturated rings. The van der Waals surface area contributed by atoms with Crippen molar-refractivity contribution in [3.05, 3.63) is 35.8 Å². The highest BCUT2D eigenvalue weighted by molar-refractivity contribution is 5.95. The normalized spacial score (nSPS) is 24.0. The number of hydrogen-bond acceptors (Lipinski definition) is 3. The molecule has 1 saturated heterocycles. The van der Waals surface area contributed by atoms with Crippen LogP contribution < -0.4 is 5.32 Å². The van der Waals surface area contributed by atoms with Crippen LogP contribution in [-0.2, 0) is 0 Å². The van der Waals surface area contributed by atoms with Gasteiger partial charge in [-0.15, -0.1) is 0 Å². The number of hydrogen-bond donors (Lipinski definition) is 1. The lowest BCUT2D eigenvalue weighted by atomic mass is 9.64. The number of amides is 2. The number of pyridine rings is 1. The predicted molar refractivity (Wildman–Crippen MR) is 113 cm³/mol. The summed E-state index contributed by atoms with van der Waals surface area (Å²) >= 11 is 0. The summed E-state index contributed by atoms with van der Waals surface area (Å²) in [6.45, 7) is 9.23. The number of nitrogens with one attached hydrogen (secondary N) is 1. The highest BCUT2D eigenvalue weighted by atomic mass is 16.2. The van der Waals surface area contributed by atoms with Crippen molar-refractivity contribution in [3.8, 4) is 0 Å². The first kappa shape index (κ1) is 19.9. The minimum Gasteiger partial charge on any atom is -0.350 e. The molecule has 2 atom stereocenters. The van der Waals surface area contributed by atoms with Gasteiger partial charge in [0.2, 0.25) is 0 Å². The van der Waals surface area contributed by atoms with Gasteiger partial charge in [-0.1, -0.05) is 33.3 Å². The van der Waals surface area contributed by atoms with Crippen LogP contribution in [0.15, 0.2) is 24.4 Å². The molecule has 2 aromatic heterocycles. The first-order chi connectivity index (χ1) is 13.9. The van der Waals surface area contributed by atoms with Crippen LogP contribution in [0.1, 0.15) is 73.9 Å². The molecule has 2 amide bonds. The molecule has 29 heavy (non-hydrogen) atoms. The van der Waals surface area contributed by atoms with Gasteiger partial charge in [0, 0.05) is 25.8 Å². The third-order valence-electron chi connectivity index (χ3n) is 7.20. The molecular weight excluding hydrogens is 364 g/mol. The van der Waals surface area contributed by atoms with E-state index in [1.54, 1.807) is 16.7 Å². The number of nitrogens with zero attached hydrogens (tertiary/aromatic N) is 3. The third kappa shape index (κ3) is 3.89. The summed E-state index contributed by atoms with van der Waals surface area (Å²) in [4.78, 5) is 31.9. The lowest BCUT2D eigenvalue weighted by Gasteiger charge is -2.42. The molecule has 2 aliphatic rings. The van der Waals surface area contributed by atoms with E-state index in [4.69, 9.17) is 0 Å². The molecule has 4 rings (SSSR count). The van der Waals surface area contributed by atoms with Crippen LogP contribution >= 0.6 is 0 Å². The summed E-state index contributed by atoms with van der Waals surface area (Å²) in [5, 5.41) is 3.14. The maximum atomic E-state index is 12.9. The van der Waals surface area contributed by atoms with Crippen molar-refractivity contribution < 1.29 is 9.59 Å². The Morgan fingerprint density at radius 1 is 1.21 bits per heavy atom. The Kier molecular flexibility index (Phi) is 5.36. The average molecular weight is 397 g/mol. The largest absolute Gasteiger partial charge is 0.350 e. The Bertz CT molecular complexity index is 911. The van der Waals surface area contributed by atoms with Crippen LogP contribution in [0.5, 0.6) is 0 Å². The van der Waals surface area contributed by atoms with Crippen molar-refractivity contribution in [2.75, 3.05) is 19.6 Å². The van der Waals surface area contributed by atoms with Gasteiger partial charge in [0.15, 0.2) is 0 Å². The fourth-order valence-corrected chi connectivity index (χ4v) is 4.91. The molecule has 6 heteroatoms. The van der Waals surface area contributed by atoms with Crippen molar-refractivity contribution in [3.63, 3.8) is 0 Å². The summed E-state index contributed by atoms with van der Waals surface area (Å²) in [7, 11) is 0. The minimum absolute atomic E-state index is 0.0455. The molecule has 0 aromatic carbocycles. The van der Waals surface area contributed by atoms with Crippen LogP contribution in [0, 0.1) is 17.3 Å². The molecule has 3 heterocycles. The Hall–Kier alpha value is -2.37. The molecule has 2 unspecified atom stereocenters. The van der Waals surface area contributed by atoms with Crippen molar-refractivity contribution >= 4 is 17.5 Å². The van der Waals surface area contributed by atoms with Gasteiger partial charge in [-0.3, -0.25) is 14.0 Å². The summed E-state index contributed by atoms with van der Waals surface area (Å²) in [6, 6.07) is 5.46. The molecule has 2 aromatic rings. The van der Waals surface area contributed by atoms with Gasteiger partial charge >= 0.3 is 0 Å². The zero-order chi connectivity index (χ0) is 20.6. The summed E-state index contributed by atoms with van der Waals surface area (Å²) in [5.74, 6) is 0.918. The molecule has 0 spiro atoms. The van der Waals surface area contributed by atoms with E-state index in [1.807, 2.05) is 17.0 Å². The maximum Gasteiger partial charge on any atom is 0.274 e. The molecule has 6 nitrogen and oxygen atoms in total. The number of likely N-dealkylation sites (tertiary alicyclic amines) is 1. The number of imidazole rings is 1. The molecule has 1 aliphatic heterocycles. The van der Waals surface area contributed by atoms with Crippen LogP contribution in [-0.4, -0.2) is 45.7 Å². The van der Waals surface area contributed by atoms with Crippen LogP contribution in [0.25, 0.3) is 5.65 Å². The number of carbonyl (C=O) groups excluding carboxylic acids is 2. The Morgan fingerprint density at radius 2 is 1.97 bits per heavy atom. The highest BCUT2D eigenvalue weighted by Crippen LogP contribution is 2.43. The SMILES string of the molecule is CC1C(CNC(=O)c2cccc3nc(C(=O)N4CCCC4)cn23)CCCC1(C)C. The topological polar surface area (TPSA) is 66.7 Å². The minimum atomic E-state index is -0.108. The van der Waals surface area contributed by atoms with E-state index in [9.17, 15) is 9.59 Å². The van der Waals surface area contributed by atoms with Gasteiger partial charge in [-0.25, -0.2) is 4.98 Å². The molecule has 1 saturated carbocycles. The van der Waals surface area contributed by atoms with Gasteiger partial charge < -0.3 is 10.2 Å². The molecule has 1 N–H and O–H groups in total. The Morgan fingerprint density at radius 3 is 2.72 bits per heavy atom. The molecule has 1 aliphatic carbocycles. The Balaban J connectivity index is 1.49. The summed E-state index contributed by atoms with van der Waals surface area (Å²) < 4.78 is 1.74. The molecule has 156 valence electrons. The predicted octanol–water partition coefficient (Wildman–Crippen LogP) is 3.76. The van der Waals surface area contributed by atoms with E-state index in [0.29, 0.717) is 40.8 Å². The lowest BCUT2D eigenvalue weighted by Crippen LogP contribution is -2.40. The van der Waals surface area contributed by atoms with Crippen molar-refractivity contribution in [1.82, 2.24) is 19.6 Å². The van der Waals surface area contributed by atoms with E-state index in [-0.39, 0.29) is 11.8 Å². The van der Waals surface area contributed by atoms with E-state index >= 15 is 0 Å².